The third-order valence-corrected chi connectivity index (χ3v) is 14.0. The van der Waals surface area contributed by atoms with Crippen molar-refractivity contribution in [3.63, 3.8) is 0 Å². The SMILES string of the molecule is CC[C@H](NC(=O)OCC1c2ccccc2-c2ccccc21)C(=O)C=[N+]=[N-].CC[C@H](NC(=O)OCC1c2ccccc2-c2ccccc21)C(=O)CBr.CC[C@H](NC(=O)OCC1c2ccccc2-c2ccccc21)C(=O)O. The molecule has 0 fully saturated rings. The number of nitrogens with one attached hydrogen (secondary N) is 3. The number of alkyl carbamates (subject to hydrolysis) is 3. The van der Waals surface area contributed by atoms with E-state index in [4.69, 9.17) is 24.8 Å². The molecule has 0 radical (unpaired) electrons. The van der Waals surface area contributed by atoms with Crippen molar-refractivity contribution in [1.29, 1.82) is 0 Å². The van der Waals surface area contributed by atoms with Crippen molar-refractivity contribution in [3.05, 3.63) is 185 Å². The van der Waals surface area contributed by atoms with E-state index in [-0.39, 0.29) is 48.7 Å². The van der Waals surface area contributed by atoms with Crippen LogP contribution in [0.5, 0.6) is 0 Å². The predicted octanol–water partition coefficient (Wildman–Crippen LogP) is 10.8. The summed E-state index contributed by atoms with van der Waals surface area (Å²) in [5, 5.41) is 16.7. The monoisotopic (exact) mass is 1080 g/mol. The van der Waals surface area contributed by atoms with Gasteiger partial charge in [0, 0.05) is 17.8 Å². The lowest BCUT2D eigenvalue weighted by Crippen LogP contribution is -2.41. The third kappa shape index (κ3) is 13.0. The number of nitrogens with zero attached hydrogens (tertiary/aromatic N) is 2. The molecule has 3 amide bonds. The average Bonchev–Trinajstić information content (AvgIpc) is 4.07. The Hall–Kier alpha value is -8.20. The number of benzene rings is 6. The number of ketones is 2. The summed E-state index contributed by atoms with van der Waals surface area (Å²) in [6.07, 6.45) is 0.0636. The van der Waals surface area contributed by atoms with Crippen LogP contribution in [0.1, 0.15) is 91.2 Å². The number of halogens is 1. The van der Waals surface area contributed by atoms with Gasteiger partial charge in [-0.1, -0.05) is 182 Å². The van der Waals surface area contributed by atoms with Crippen molar-refractivity contribution in [2.45, 2.75) is 75.9 Å². The minimum atomic E-state index is -1.06. The van der Waals surface area contributed by atoms with Crippen LogP contribution in [-0.4, -0.2) is 95.2 Å². The smallest absolute Gasteiger partial charge is 0.407 e. The quantitative estimate of drug-likeness (QED) is 0.0222. The molecular weight excluding hydrogens is 1020 g/mol. The Morgan fingerprint density at radius 1 is 0.493 bits per heavy atom. The number of Topliss-reactive ketones (excluding diaryl/α,β-unsaturated/α-hetero) is 2. The minimum Gasteiger partial charge on any atom is -0.480 e. The van der Waals surface area contributed by atoms with Crippen LogP contribution in [0.15, 0.2) is 146 Å². The minimum absolute atomic E-state index is 0.0186. The maximum Gasteiger partial charge on any atom is 0.407 e. The Labute approximate surface area is 443 Å². The molecule has 0 unspecified atom stereocenters. The van der Waals surface area contributed by atoms with E-state index in [9.17, 15) is 28.8 Å². The zero-order valence-corrected chi connectivity index (χ0v) is 43.3. The van der Waals surface area contributed by atoms with Crippen LogP contribution in [0.25, 0.3) is 38.9 Å². The molecule has 3 atom stereocenters. The second kappa shape index (κ2) is 26.1. The van der Waals surface area contributed by atoms with Gasteiger partial charge >= 0.3 is 30.5 Å². The van der Waals surface area contributed by atoms with Crippen molar-refractivity contribution >= 4 is 58.0 Å². The van der Waals surface area contributed by atoms with Gasteiger partial charge < -0.3 is 40.8 Å². The largest absolute Gasteiger partial charge is 0.480 e. The molecule has 9 rings (SSSR count). The number of carboxylic acid groups (broad SMARTS) is 1. The highest BCUT2D eigenvalue weighted by molar-refractivity contribution is 9.09. The molecule has 0 aromatic heterocycles. The number of carbonyl (C=O) groups excluding carboxylic acids is 5. The van der Waals surface area contributed by atoms with Gasteiger partial charge in [0.15, 0.2) is 5.78 Å². The zero-order valence-electron chi connectivity index (χ0n) is 41.7. The second-order valence-electron chi connectivity index (χ2n) is 17.9. The van der Waals surface area contributed by atoms with Crippen LogP contribution in [-0.2, 0) is 28.6 Å². The molecule has 4 N–H and O–H groups in total. The van der Waals surface area contributed by atoms with Crippen LogP contribution in [0.3, 0.4) is 0 Å². The lowest BCUT2D eigenvalue weighted by Gasteiger charge is -2.17. The number of hydrogen-bond acceptors (Lipinski definition) is 9. The van der Waals surface area contributed by atoms with Crippen LogP contribution < -0.4 is 16.0 Å². The summed E-state index contributed by atoms with van der Waals surface area (Å²) in [5.41, 5.74) is 22.3. The summed E-state index contributed by atoms with van der Waals surface area (Å²) in [4.78, 5) is 73.3. The van der Waals surface area contributed by atoms with Gasteiger partial charge in [-0.25, -0.2) is 19.2 Å². The second-order valence-corrected chi connectivity index (χ2v) is 18.4. The van der Waals surface area contributed by atoms with Crippen LogP contribution in [0.4, 0.5) is 14.4 Å². The van der Waals surface area contributed by atoms with Gasteiger partial charge in [0.1, 0.15) is 31.9 Å². The topological polar surface area (TPSA) is 223 Å². The van der Waals surface area contributed by atoms with Gasteiger partial charge in [0.05, 0.1) is 11.4 Å². The molecule has 386 valence electrons. The first-order valence-corrected chi connectivity index (χ1v) is 25.9. The van der Waals surface area contributed by atoms with Gasteiger partial charge in [-0.15, -0.1) is 0 Å². The number of hydrogen-bond donors (Lipinski definition) is 4. The van der Waals surface area contributed by atoms with Crippen molar-refractivity contribution < 1.29 is 52.9 Å². The molecule has 0 heterocycles. The summed E-state index contributed by atoms with van der Waals surface area (Å²) >= 11 is 3.13. The van der Waals surface area contributed by atoms with Crippen LogP contribution >= 0.6 is 15.9 Å². The molecule has 6 aromatic carbocycles. The number of ether oxygens (including phenoxy) is 3. The van der Waals surface area contributed by atoms with Gasteiger partial charge in [-0.05, 0) is 86.0 Å². The molecule has 16 heteroatoms. The highest BCUT2D eigenvalue weighted by atomic mass is 79.9. The fraction of sp³-hybridized carbons (Fsp3) is 0.271. The molecule has 15 nitrogen and oxygen atoms in total. The lowest BCUT2D eigenvalue weighted by molar-refractivity contribution is -0.139. The molecule has 75 heavy (non-hydrogen) atoms. The zero-order chi connectivity index (χ0) is 53.4. The average molecular weight is 1080 g/mol. The molecular formula is C59H58BrN5O10. The molecule has 0 spiro atoms. The molecule has 0 saturated carbocycles. The van der Waals surface area contributed by atoms with Crippen molar-refractivity contribution in [1.82, 2.24) is 16.0 Å². The molecule has 0 aliphatic heterocycles. The fourth-order valence-corrected chi connectivity index (χ4v) is 10.1. The third-order valence-electron chi connectivity index (χ3n) is 13.5. The van der Waals surface area contributed by atoms with E-state index < -0.39 is 48.2 Å². The number of rotatable bonds is 17. The highest BCUT2D eigenvalue weighted by Gasteiger charge is 2.33. The molecule has 3 aliphatic rings. The maximum absolute atomic E-state index is 12.1. The first-order valence-electron chi connectivity index (χ1n) is 24.8. The Morgan fingerprint density at radius 3 is 1.01 bits per heavy atom. The summed E-state index contributed by atoms with van der Waals surface area (Å²) < 4.78 is 16.1. The Morgan fingerprint density at radius 2 is 0.760 bits per heavy atom. The van der Waals surface area contributed by atoms with E-state index in [0.717, 1.165) is 50.7 Å². The van der Waals surface area contributed by atoms with E-state index in [1.165, 1.54) is 22.3 Å². The molecule has 3 aliphatic carbocycles. The summed E-state index contributed by atoms with van der Waals surface area (Å²) in [7, 11) is 0. The number of amides is 3. The highest BCUT2D eigenvalue weighted by Crippen LogP contribution is 2.47. The number of fused-ring (bicyclic) bond motifs is 9. The standard InChI is InChI=1S/C20H20BrNO3.C20H19N3O3.C19H19NO4/c1-2-18(19(23)11-21)22-20(24)25-12-17-15-9-5-3-7-13(15)14-8-4-6-10-16(14)17;1-2-18(19(24)11-22-21)23-20(25)26-12-17-15-9-5-3-7-13(15)14-8-4-6-10-16(14)17;1-2-17(18(21)22)20-19(23)24-11-16-14-9-5-3-7-12(14)13-8-4-6-10-15(13)16/h3-10,17-18H,2,11-12H2,1H3,(H,22,24);3-11,17-18H,2,12H2,1H3,(H,23,25);3-10,16-17H,2,11H2,1H3,(H,20,23)(H,21,22)/t2*18-;17-/m000/s1. The van der Waals surface area contributed by atoms with Crippen LogP contribution in [0.2, 0.25) is 0 Å². The number of carboxylic acids is 1. The number of alkyl halides is 1. The fourth-order valence-electron chi connectivity index (χ4n) is 9.71. The predicted molar refractivity (Wildman–Crippen MR) is 288 cm³/mol. The molecule has 0 bridgehead atoms. The van der Waals surface area contributed by atoms with E-state index in [1.54, 1.807) is 13.8 Å². The first kappa shape index (κ1) is 54.6. The van der Waals surface area contributed by atoms with Crippen molar-refractivity contribution in [2.24, 2.45) is 0 Å². The Balaban J connectivity index is 0.000000164. The lowest BCUT2D eigenvalue weighted by atomic mass is 9.98. The van der Waals surface area contributed by atoms with Gasteiger partial charge in [-0.2, -0.15) is 4.79 Å². The van der Waals surface area contributed by atoms with E-state index in [0.29, 0.717) is 19.3 Å². The van der Waals surface area contributed by atoms with Crippen molar-refractivity contribution in [3.8, 4) is 33.4 Å². The Kier molecular flexibility index (Phi) is 19.0. The van der Waals surface area contributed by atoms with Gasteiger partial charge in [-0.3, -0.25) is 9.59 Å². The number of aliphatic carboxylic acids is 1. The summed E-state index contributed by atoms with van der Waals surface area (Å²) in [6.45, 7) is 5.91. The van der Waals surface area contributed by atoms with Crippen LogP contribution in [0, 0.1) is 0 Å². The van der Waals surface area contributed by atoms with Gasteiger partial charge in [0.2, 0.25) is 0 Å². The van der Waals surface area contributed by atoms with Gasteiger partial charge in [0.25, 0.3) is 5.78 Å². The summed E-state index contributed by atoms with van der Waals surface area (Å²) in [5.74, 6) is -1.66. The Bertz CT molecular complexity index is 2970. The maximum atomic E-state index is 12.1. The summed E-state index contributed by atoms with van der Waals surface area (Å²) in [6, 6.07) is 46.4. The molecule has 0 saturated heterocycles. The van der Waals surface area contributed by atoms with Crippen molar-refractivity contribution in [2.75, 3.05) is 25.2 Å². The first-order chi connectivity index (χ1) is 36.4. The van der Waals surface area contributed by atoms with E-state index >= 15 is 0 Å². The normalized spacial score (nSPS) is 13.5. The van der Waals surface area contributed by atoms with E-state index in [2.05, 4.69) is 85.2 Å². The van der Waals surface area contributed by atoms with E-state index in [1.807, 2.05) is 104 Å². The molecule has 6 aromatic rings. The number of carbonyl (C=O) groups is 6.